The molecule has 0 bridgehead atoms. The van der Waals surface area contributed by atoms with E-state index in [1.165, 1.54) is 12.1 Å². The Hall–Kier alpha value is -2.64. The van der Waals surface area contributed by atoms with Crippen molar-refractivity contribution in [2.45, 2.75) is 32.6 Å². The summed E-state index contributed by atoms with van der Waals surface area (Å²) in [5, 5.41) is 7.41. The van der Waals surface area contributed by atoms with Crippen molar-refractivity contribution in [3.8, 4) is 0 Å². The molecule has 2 aromatic rings. The zero-order valence-corrected chi connectivity index (χ0v) is 16.9. The molecule has 28 heavy (non-hydrogen) atoms. The molecule has 8 heteroatoms. The first-order valence-electron chi connectivity index (χ1n) is 9.85. The molecule has 0 radical (unpaired) electrons. The zero-order chi connectivity index (χ0) is 19.9. The van der Waals surface area contributed by atoms with Crippen molar-refractivity contribution >= 4 is 11.6 Å². The quantitative estimate of drug-likeness (QED) is 0.466. The van der Waals surface area contributed by atoms with Gasteiger partial charge in [0, 0.05) is 57.8 Å². The Bertz CT molecular complexity index is 765. The number of benzene rings is 1. The van der Waals surface area contributed by atoms with Crippen molar-refractivity contribution in [2.24, 2.45) is 4.99 Å². The lowest BCUT2D eigenvalue weighted by Crippen LogP contribution is -2.52. The fraction of sp³-hybridized carbons (Fsp3) is 0.550. The minimum absolute atomic E-state index is 0.201. The van der Waals surface area contributed by atoms with Gasteiger partial charge in [-0.15, -0.1) is 0 Å². The number of halogens is 1. The van der Waals surface area contributed by atoms with Gasteiger partial charge in [0.15, 0.2) is 11.8 Å². The van der Waals surface area contributed by atoms with E-state index in [1.54, 1.807) is 0 Å². The summed E-state index contributed by atoms with van der Waals surface area (Å²) >= 11 is 0. The molecule has 1 aliphatic rings. The van der Waals surface area contributed by atoms with Gasteiger partial charge in [-0.25, -0.2) is 4.39 Å². The van der Waals surface area contributed by atoms with Crippen molar-refractivity contribution in [3.05, 3.63) is 41.8 Å². The maximum Gasteiger partial charge on any atom is 0.226 e. The summed E-state index contributed by atoms with van der Waals surface area (Å²) in [5.74, 6) is 2.44. The van der Waals surface area contributed by atoms with E-state index in [2.05, 4.69) is 44.1 Å². The molecule has 7 nitrogen and oxygen atoms in total. The number of guanidine groups is 1. The van der Waals surface area contributed by atoms with E-state index >= 15 is 0 Å². The van der Waals surface area contributed by atoms with E-state index in [1.807, 2.05) is 19.2 Å². The van der Waals surface area contributed by atoms with Crippen LogP contribution in [-0.4, -0.2) is 60.8 Å². The molecule has 1 saturated heterocycles. The summed E-state index contributed by atoms with van der Waals surface area (Å²) in [5.41, 5.74) is 1.06. The first-order chi connectivity index (χ1) is 13.6. The van der Waals surface area contributed by atoms with Crippen LogP contribution < -0.4 is 10.2 Å². The van der Waals surface area contributed by atoms with Crippen LogP contribution in [-0.2, 0) is 6.42 Å². The molecule has 0 spiro atoms. The second-order valence-electron chi connectivity index (χ2n) is 7.23. The number of nitrogens with one attached hydrogen (secondary N) is 1. The Kier molecular flexibility index (Phi) is 6.84. The molecule has 1 aromatic heterocycles. The highest BCUT2D eigenvalue weighted by Gasteiger charge is 2.19. The summed E-state index contributed by atoms with van der Waals surface area (Å²) in [6.07, 6.45) is 1.65. The summed E-state index contributed by atoms with van der Waals surface area (Å²) in [6.45, 7) is 8.41. The van der Waals surface area contributed by atoms with Gasteiger partial charge in [-0.3, -0.25) is 4.99 Å². The lowest BCUT2D eigenvalue weighted by molar-refractivity contribution is 0.363. The number of nitrogens with zero attached hydrogens (tertiary/aromatic N) is 5. The Morgan fingerprint density at radius 3 is 2.54 bits per heavy atom. The number of anilines is 1. The predicted molar refractivity (Wildman–Crippen MR) is 108 cm³/mol. The van der Waals surface area contributed by atoms with Gasteiger partial charge in [0.05, 0.1) is 0 Å². The summed E-state index contributed by atoms with van der Waals surface area (Å²) in [7, 11) is 1.81. The third-order valence-corrected chi connectivity index (χ3v) is 4.83. The highest BCUT2D eigenvalue weighted by molar-refractivity contribution is 5.80. The van der Waals surface area contributed by atoms with Crippen LogP contribution in [0.25, 0.3) is 0 Å². The number of aliphatic imine (C=N–C) groups is 1. The first-order valence-corrected chi connectivity index (χ1v) is 9.85. The highest BCUT2D eigenvalue weighted by atomic mass is 19.1. The SMILES string of the molecule is CN=C(NCCCc1nc(C(C)C)no1)N1CCN(c2ccc(F)cc2)CC1. The molecule has 0 aliphatic carbocycles. The van der Waals surface area contributed by atoms with Crippen LogP contribution >= 0.6 is 0 Å². The van der Waals surface area contributed by atoms with E-state index < -0.39 is 0 Å². The van der Waals surface area contributed by atoms with Gasteiger partial charge < -0.3 is 19.6 Å². The second-order valence-corrected chi connectivity index (χ2v) is 7.23. The Labute approximate surface area is 165 Å². The molecule has 0 amide bonds. The lowest BCUT2D eigenvalue weighted by atomic mass is 10.2. The molecule has 1 N–H and O–H groups in total. The fourth-order valence-corrected chi connectivity index (χ4v) is 3.20. The summed E-state index contributed by atoms with van der Waals surface area (Å²) < 4.78 is 18.4. The normalized spacial score (nSPS) is 15.4. The predicted octanol–water partition coefficient (Wildman–Crippen LogP) is 2.66. The fourth-order valence-electron chi connectivity index (χ4n) is 3.20. The van der Waals surface area contributed by atoms with Gasteiger partial charge in [0.25, 0.3) is 0 Å². The Balaban J connectivity index is 1.41. The van der Waals surface area contributed by atoms with Crippen LogP contribution in [0.2, 0.25) is 0 Å². The van der Waals surface area contributed by atoms with E-state index in [0.29, 0.717) is 5.89 Å². The number of aryl methyl sites for hydroxylation is 1. The van der Waals surface area contributed by atoms with E-state index in [-0.39, 0.29) is 11.7 Å². The molecule has 152 valence electrons. The zero-order valence-electron chi connectivity index (χ0n) is 16.9. The number of piperazine rings is 1. The van der Waals surface area contributed by atoms with Crippen molar-refractivity contribution in [2.75, 3.05) is 44.7 Å². The third-order valence-electron chi connectivity index (χ3n) is 4.83. The van der Waals surface area contributed by atoms with Gasteiger partial charge in [-0.2, -0.15) is 4.98 Å². The molecular weight excluding hydrogens is 359 g/mol. The van der Waals surface area contributed by atoms with Crippen LogP contribution in [0.3, 0.4) is 0 Å². The van der Waals surface area contributed by atoms with E-state index in [9.17, 15) is 4.39 Å². The van der Waals surface area contributed by atoms with Crippen LogP contribution in [0, 0.1) is 5.82 Å². The van der Waals surface area contributed by atoms with Gasteiger partial charge in [-0.05, 0) is 30.7 Å². The van der Waals surface area contributed by atoms with Crippen molar-refractivity contribution in [3.63, 3.8) is 0 Å². The van der Waals surface area contributed by atoms with Crippen LogP contribution in [0.15, 0.2) is 33.8 Å². The van der Waals surface area contributed by atoms with Crippen LogP contribution in [0.1, 0.15) is 37.9 Å². The van der Waals surface area contributed by atoms with Gasteiger partial charge in [-0.1, -0.05) is 19.0 Å². The second kappa shape index (κ2) is 9.52. The van der Waals surface area contributed by atoms with Crippen molar-refractivity contribution < 1.29 is 8.91 Å². The third kappa shape index (κ3) is 5.21. The number of hydrogen-bond donors (Lipinski definition) is 1. The molecular formula is C20H29FN6O. The number of hydrogen-bond acceptors (Lipinski definition) is 5. The number of rotatable bonds is 6. The topological polar surface area (TPSA) is 69.8 Å². The van der Waals surface area contributed by atoms with Crippen molar-refractivity contribution in [1.29, 1.82) is 0 Å². The minimum atomic E-state index is -0.201. The Morgan fingerprint density at radius 2 is 1.93 bits per heavy atom. The lowest BCUT2D eigenvalue weighted by Gasteiger charge is -2.37. The largest absolute Gasteiger partial charge is 0.368 e. The molecule has 1 aliphatic heterocycles. The Morgan fingerprint density at radius 1 is 1.21 bits per heavy atom. The average Bonchev–Trinajstić information content (AvgIpc) is 3.18. The highest BCUT2D eigenvalue weighted by Crippen LogP contribution is 2.17. The molecule has 2 heterocycles. The smallest absolute Gasteiger partial charge is 0.226 e. The molecule has 0 unspecified atom stereocenters. The molecule has 1 aromatic carbocycles. The molecule has 1 fully saturated rings. The maximum absolute atomic E-state index is 13.1. The molecule has 0 atom stereocenters. The number of aromatic nitrogens is 2. The monoisotopic (exact) mass is 388 g/mol. The van der Waals surface area contributed by atoms with Gasteiger partial charge in [0.1, 0.15) is 5.82 Å². The van der Waals surface area contributed by atoms with Crippen molar-refractivity contribution in [1.82, 2.24) is 20.4 Å². The van der Waals surface area contributed by atoms with E-state index in [4.69, 9.17) is 4.52 Å². The van der Waals surface area contributed by atoms with Gasteiger partial charge >= 0.3 is 0 Å². The first kappa shape index (κ1) is 20.1. The molecule has 3 rings (SSSR count). The standard InChI is InChI=1S/C20H29FN6O/c1-15(2)19-24-18(28-25-19)5-4-10-23-20(22-3)27-13-11-26(12-14-27)17-8-6-16(21)7-9-17/h6-9,15H,4-5,10-14H2,1-3H3,(H,22,23). The average molecular weight is 388 g/mol. The van der Waals surface area contributed by atoms with Crippen LogP contribution in [0.5, 0.6) is 0 Å². The maximum atomic E-state index is 13.1. The summed E-state index contributed by atoms with van der Waals surface area (Å²) in [4.78, 5) is 13.3. The molecule has 0 saturated carbocycles. The summed E-state index contributed by atoms with van der Waals surface area (Å²) in [6, 6.07) is 6.69. The minimum Gasteiger partial charge on any atom is -0.368 e. The van der Waals surface area contributed by atoms with E-state index in [0.717, 1.165) is 63.0 Å². The van der Waals surface area contributed by atoms with Gasteiger partial charge in [0.2, 0.25) is 5.89 Å². The van der Waals surface area contributed by atoms with Crippen LogP contribution in [0.4, 0.5) is 10.1 Å².